The van der Waals surface area contributed by atoms with Gasteiger partial charge >= 0.3 is 0 Å². The maximum atomic E-state index is 6.24. The van der Waals surface area contributed by atoms with Gasteiger partial charge in [0, 0.05) is 13.2 Å². The molecule has 2 nitrogen and oxygen atoms in total. The second-order valence-corrected chi connectivity index (χ2v) is 12.4. The maximum absolute atomic E-state index is 6.24. The lowest BCUT2D eigenvalue weighted by Gasteiger charge is -2.30. The molecule has 0 aromatic heterocycles. The molecule has 38 heavy (non-hydrogen) atoms. The first-order chi connectivity index (χ1) is 18.6. The number of rotatable bonds is 13. The van der Waals surface area contributed by atoms with Gasteiger partial charge in [-0.3, -0.25) is 0 Å². The molecule has 2 heteroatoms. The molecule has 0 heterocycles. The predicted molar refractivity (Wildman–Crippen MR) is 161 cm³/mol. The maximum Gasteiger partial charge on any atom is 0.0805 e. The SMILES string of the molecule is CCc1ccc(C2CCC(CCOC(C)C(C)OCCC3CCC(c4ccc(CC)cc4)CC3)CC2)cc1. The molecule has 0 saturated heterocycles. The topological polar surface area (TPSA) is 18.5 Å². The van der Waals surface area contributed by atoms with Crippen molar-refractivity contribution >= 4 is 0 Å². The molecule has 2 aromatic carbocycles. The zero-order chi connectivity index (χ0) is 26.7. The zero-order valence-electron chi connectivity index (χ0n) is 24.8. The van der Waals surface area contributed by atoms with Gasteiger partial charge in [0.05, 0.1) is 12.2 Å². The molecule has 2 aromatic rings. The highest BCUT2D eigenvalue weighted by Gasteiger charge is 2.24. The van der Waals surface area contributed by atoms with E-state index in [1.165, 1.54) is 75.3 Å². The summed E-state index contributed by atoms with van der Waals surface area (Å²) >= 11 is 0. The van der Waals surface area contributed by atoms with Crippen LogP contribution in [-0.4, -0.2) is 25.4 Å². The monoisotopic (exact) mass is 518 g/mol. The van der Waals surface area contributed by atoms with E-state index in [0.717, 1.165) is 49.7 Å². The fourth-order valence-corrected chi connectivity index (χ4v) is 6.73. The molecular weight excluding hydrogens is 464 g/mol. The lowest BCUT2D eigenvalue weighted by atomic mass is 9.77. The zero-order valence-corrected chi connectivity index (χ0v) is 24.8. The minimum atomic E-state index is 0.172. The Morgan fingerprint density at radius 3 is 1.21 bits per heavy atom. The van der Waals surface area contributed by atoms with Crippen molar-refractivity contribution in [2.45, 2.75) is 129 Å². The molecule has 0 aliphatic heterocycles. The minimum absolute atomic E-state index is 0.172. The third kappa shape index (κ3) is 8.68. The molecular formula is C36H54O2. The first-order valence-corrected chi connectivity index (χ1v) is 16.0. The van der Waals surface area contributed by atoms with Crippen LogP contribution in [0.2, 0.25) is 0 Å². The molecule has 0 amide bonds. The van der Waals surface area contributed by atoms with Crippen LogP contribution >= 0.6 is 0 Å². The van der Waals surface area contributed by atoms with Crippen molar-refractivity contribution in [3.05, 3.63) is 70.8 Å². The van der Waals surface area contributed by atoms with Gasteiger partial charge in [0.2, 0.25) is 0 Å². The molecule has 210 valence electrons. The van der Waals surface area contributed by atoms with Crippen LogP contribution in [0.5, 0.6) is 0 Å². The van der Waals surface area contributed by atoms with E-state index in [2.05, 4.69) is 76.2 Å². The van der Waals surface area contributed by atoms with Crippen molar-refractivity contribution in [2.75, 3.05) is 13.2 Å². The fraction of sp³-hybridized carbons (Fsp3) is 0.667. The Kier molecular flexibility index (Phi) is 11.8. The predicted octanol–water partition coefficient (Wildman–Crippen LogP) is 9.65. The lowest BCUT2D eigenvalue weighted by molar-refractivity contribution is -0.0628. The average molecular weight is 519 g/mol. The minimum Gasteiger partial charge on any atom is -0.376 e. The smallest absolute Gasteiger partial charge is 0.0805 e. The molecule has 0 radical (unpaired) electrons. The van der Waals surface area contributed by atoms with Crippen molar-refractivity contribution < 1.29 is 9.47 Å². The van der Waals surface area contributed by atoms with Gasteiger partial charge in [-0.2, -0.15) is 0 Å². The van der Waals surface area contributed by atoms with Crippen molar-refractivity contribution in [2.24, 2.45) is 11.8 Å². The Labute approximate surface area is 233 Å². The van der Waals surface area contributed by atoms with Crippen LogP contribution in [0.25, 0.3) is 0 Å². The van der Waals surface area contributed by atoms with Gasteiger partial charge < -0.3 is 9.47 Å². The Hall–Kier alpha value is -1.64. The van der Waals surface area contributed by atoms with Gasteiger partial charge in [0.1, 0.15) is 0 Å². The number of hydrogen-bond donors (Lipinski definition) is 0. The molecule has 2 saturated carbocycles. The molecule has 0 N–H and O–H groups in total. The van der Waals surface area contributed by atoms with Crippen LogP contribution in [0, 0.1) is 11.8 Å². The van der Waals surface area contributed by atoms with E-state index in [1.807, 2.05) is 0 Å². The first-order valence-electron chi connectivity index (χ1n) is 16.0. The summed E-state index contributed by atoms with van der Waals surface area (Å²) in [6.45, 7) is 10.6. The molecule has 0 spiro atoms. The first kappa shape index (κ1) is 29.3. The Morgan fingerprint density at radius 2 is 0.895 bits per heavy atom. The van der Waals surface area contributed by atoms with Crippen LogP contribution in [0.4, 0.5) is 0 Å². The Morgan fingerprint density at radius 1 is 0.553 bits per heavy atom. The van der Waals surface area contributed by atoms with E-state index in [1.54, 1.807) is 11.1 Å². The van der Waals surface area contributed by atoms with Crippen LogP contribution in [0.1, 0.15) is 126 Å². The Balaban J connectivity index is 1.05. The normalized spacial score (nSPS) is 25.7. The van der Waals surface area contributed by atoms with Crippen molar-refractivity contribution in [1.82, 2.24) is 0 Å². The second-order valence-electron chi connectivity index (χ2n) is 12.4. The number of benzene rings is 2. The summed E-state index contributed by atoms with van der Waals surface area (Å²) in [7, 11) is 0. The van der Waals surface area contributed by atoms with Crippen molar-refractivity contribution in [3.8, 4) is 0 Å². The van der Waals surface area contributed by atoms with E-state index in [4.69, 9.17) is 9.47 Å². The van der Waals surface area contributed by atoms with Gasteiger partial charge in [0.25, 0.3) is 0 Å². The molecule has 4 rings (SSSR count). The Bertz CT molecular complexity index is 824. The summed E-state index contributed by atoms with van der Waals surface area (Å²) < 4.78 is 12.5. The van der Waals surface area contributed by atoms with Gasteiger partial charge in [-0.05, 0) is 137 Å². The molecule has 2 fully saturated rings. The molecule has 2 aliphatic rings. The van der Waals surface area contributed by atoms with Gasteiger partial charge in [-0.1, -0.05) is 62.4 Å². The summed E-state index contributed by atoms with van der Waals surface area (Å²) in [6.07, 6.45) is 15.7. The second kappa shape index (κ2) is 15.2. The van der Waals surface area contributed by atoms with Crippen molar-refractivity contribution in [3.63, 3.8) is 0 Å². The third-order valence-electron chi connectivity index (χ3n) is 9.89. The quantitative estimate of drug-likeness (QED) is 0.263. The molecule has 0 bridgehead atoms. The number of hydrogen-bond acceptors (Lipinski definition) is 2. The van der Waals surface area contributed by atoms with E-state index in [-0.39, 0.29) is 12.2 Å². The summed E-state index contributed by atoms with van der Waals surface area (Å²) in [6, 6.07) is 18.7. The largest absolute Gasteiger partial charge is 0.376 e. The highest BCUT2D eigenvalue weighted by Crippen LogP contribution is 2.38. The summed E-state index contributed by atoms with van der Waals surface area (Å²) in [5.74, 6) is 3.16. The van der Waals surface area contributed by atoms with Crippen LogP contribution < -0.4 is 0 Å². The molecule has 2 atom stereocenters. The average Bonchev–Trinajstić information content (AvgIpc) is 2.98. The summed E-state index contributed by atoms with van der Waals surface area (Å²) in [5, 5.41) is 0. The van der Waals surface area contributed by atoms with Gasteiger partial charge in [0.15, 0.2) is 0 Å². The third-order valence-corrected chi connectivity index (χ3v) is 9.89. The number of aryl methyl sites for hydroxylation is 2. The van der Waals surface area contributed by atoms with Crippen LogP contribution in [0.15, 0.2) is 48.5 Å². The van der Waals surface area contributed by atoms with Crippen LogP contribution in [0.3, 0.4) is 0 Å². The van der Waals surface area contributed by atoms with Crippen LogP contribution in [-0.2, 0) is 22.3 Å². The highest BCUT2D eigenvalue weighted by atomic mass is 16.5. The standard InChI is InChI=1S/C36H54O2/c1-5-29-7-15-33(16-8-29)35-19-11-31(12-20-35)23-25-37-27(3)28(4)38-26-24-32-13-21-36(22-14-32)34-17-9-30(6-2)10-18-34/h7-10,15-18,27-28,31-32,35-36H,5-6,11-14,19-26H2,1-4H3. The lowest BCUT2D eigenvalue weighted by Crippen LogP contribution is -2.28. The molecule has 2 unspecified atom stereocenters. The van der Waals surface area contributed by atoms with E-state index < -0.39 is 0 Å². The van der Waals surface area contributed by atoms with Crippen molar-refractivity contribution in [1.29, 1.82) is 0 Å². The van der Waals surface area contributed by atoms with E-state index >= 15 is 0 Å². The van der Waals surface area contributed by atoms with E-state index in [0.29, 0.717) is 0 Å². The van der Waals surface area contributed by atoms with Gasteiger partial charge in [-0.15, -0.1) is 0 Å². The highest BCUT2D eigenvalue weighted by molar-refractivity contribution is 5.26. The fourth-order valence-electron chi connectivity index (χ4n) is 6.73. The van der Waals surface area contributed by atoms with E-state index in [9.17, 15) is 0 Å². The summed E-state index contributed by atoms with van der Waals surface area (Å²) in [5.41, 5.74) is 5.99. The van der Waals surface area contributed by atoms with Gasteiger partial charge in [-0.25, -0.2) is 0 Å². The number of ether oxygens (including phenoxy) is 2. The summed E-state index contributed by atoms with van der Waals surface area (Å²) in [4.78, 5) is 0. The molecule has 2 aliphatic carbocycles.